The summed E-state index contributed by atoms with van der Waals surface area (Å²) in [6.07, 6.45) is 8.39. The van der Waals surface area contributed by atoms with E-state index < -0.39 is 0 Å². The van der Waals surface area contributed by atoms with Gasteiger partial charge in [-0.2, -0.15) is 0 Å². The Morgan fingerprint density at radius 3 is 2.85 bits per heavy atom. The highest BCUT2D eigenvalue weighted by Gasteiger charge is 2.40. The molecule has 0 spiro atoms. The minimum Gasteiger partial charge on any atom is -0.469 e. The van der Waals surface area contributed by atoms with Gasteiger partial charge in [0, 0.05) is 5.92 Å². The maximum absolute atomic E-state index is 12.1. The molecule has 2 atom stereocenters. The summed E-state index contributed by atoms with van der Waals surface area (Å²) in [5, 5.41) is 2.52. The lowest BCUT2D eigenvalue weighted by atomic mass is 9.71. The smallest absolute Gasteiger partial charge is 0.312 e. The van der Waals surface area contributed by atoms with Crippen LogP contribution in [0.5, 0.6) is 0 Å². The average Bonchev–Trinajstić information content (AvgIpc) is 2.85. The van der Waals surface area contributed by atoms with Crippen LogP contribution >= 0.6 is 0 Å². The third kappa shape index (κ3) is 1.42. The van der Waals surface area contributed by atoms with Gasteiger partial charge in [0.2, 0.25) is 0 Å². The Bertz CT molecular complexity index is 780. The van der Waals surface area contributed by atoms with Crippen LogP contribution in [0, 0.1) is 11.8 Å². The predicted molar refractivity (Wildman–Crippen MR) is 78.0 cm³/mol. The van der Waals surface area contributed by atoms with Gasteiger partial charge < -0.3 is 4.74 Å². The van der Waals surface area contributed by atoms with E-state index >= 15 is 0 Å². The van der Waals surface area contributed by atoms with Crippen LogP contribution in [0.3, 0.4) is 0 Å². The van der Waals surface area contributed by atoms with Crippen molar-refractivity contribution in [1.29, 1.82) is 0 Å². The molecule has 0 N–H and O–H groups in total. The number of carbonyl (C=O) groups excluding carboxylic acids is 1. The fourth-order valence-corrected chi connectivity index (χ4v) is 3.89. The van der Waals surface area contributed by atoms with Gasteiger partial charge in [-0.25, -0.2) is 0 Å². The molecule has 20 heavy (non-hydrogen) atoms. The number of esters is 1. The number of fused-ring (bicyclic) bond motifs is 1. The van der Waals surface area contributed by atoms with Crippen molar-refractivity contribution in [2.24, 2.45) is 11.8 Å². The molecule has 0 radical (unpaired) electrons. The molecule has 0 heterocycles. The van der Waals surface area contributed by atoms with Crippen molar-refractivity contribution >= 4 is 17.1 Å². The number of hydrogen-bond donors (Lipinski definition) is 0. The Balaban J connectivity index is 2.05. The quantitative estimate of drug-likeness (QED) is 0.722. The highest BCUT2D eigenvalue weighted by atomic mass is 16.5. The number of carbonyl (C=O) groups is 1. The molecule has 0 unspecified atom stereocenters. The molecule has 100 valence electrons. The molecule has 3 aliphatic carbocycles. The van der Waals surface area contributed by atoms with E-state index in [1.54, 1.807) is 0 Å². The second-order valence-electron chi connectivity index (χ2n) is 5.60. The molecule has 0 aliphatic heterocycles. The SMILES string of the molecule is COC(=O)[C@@H]1CCC2=CC=CC3=c4ccccc4=C1[C@H]23. The Morgan fingerprint density at radius 1 is 1.25 bits per heavy atom. The van der Waals surface area contributed by atoms with Crippen molar-refractivity contribution in [2.45, 2.75) is 12.8 Å². The van der Waals surface area contributed by atoms with Gasteiger partial charge in [-0.15, -0.1) is 0 Å². The second-order valence-corrected chi connectivity index (χ2v) is 5.60. The molecule has 1 aromatic rings. The first-order chi connectivity index (χ1) is 9.81. The van der Waals surface area contributed by atoms with Gasteiger partial charge in [-0.3, -0.25) is 4.79 Å². The molecule has 0 bridgehead atoms. The largest absolute Gasteiger partial charge is 0.469 e. The van der Waals surface area contributed by atoms with E-state index in [-0.39, 0.29) is 11.9 Å². The van der Waals surface area contributed by atoms with E-state index in [9.17, 15) is 4.79 Å². The number of ether oxygens (including phenoxy) is 1. The highest BCUT2D eigenvalue weighted by molar-refractivity contribution is 5.92. The topological polar surface area (TPSA) is 26.3 Å². The van der Waals surface area contributed by atoms with Crippen LogP contribution in [0.25, 0.3) is 11.1 Å². The number of methoxy groups -OCH3 is 1. The third-order valence-electron chi connectivity index (χ3n) is 4.71. The fourth-order valence-electron chi connectivity index (χ4n) is 3.89. The first-order valence-corrected chi connectivity index (χ1v) is 7.09. The summed E-state index contributed by atoms with van der Waals surface area (Å²) >= 11 is 0. The zero-order chi connectivity index (χ0) is 13.7. The maximum Gasteiger partial charge on any atom is 0.312 e. The second kappa shape index (κ2) is 4.20. The lowest BCUT2D eigenvalue weighted by Crippen LogP contribution is -2.31. The lowest BCUT2D eigenvalue weighted by molar-refractivity contribution is -0.143. The van der Waals surface area contributed by atoms with Crippen molar-refractivity contribution in [3.63, 3.8) is 0 Å². The molecule has 0 aromatic heterocycles. The Morgan fingerprint density at radius 2 is 2.05 bits per heavy atom. The molecule has 3 aliphatic rings. The van der Waals surface area contributed by atoms with Crippen molar-refractivity contribution in [2.75, 3.05) is 7.11 Å². The first-order valence-electron chi connectivity index (χ1n) is 7.09. The summed E-state index contributed by atoms with van der Waals surface area (Å²) in [5.74, 6) is 0.118. The zero-order valence-electron chi connectivity index (χ0n) is 11.4. The van der Waals surface area contributed by atoms with Crippen molar-refractivity contribution in [3.8, 4) is 0 Å². The standard InChI is InChI=1S/C18H16O2/c1-20-18(19)15-10-9-11-5-4-8-13-12-6-2-3-7-14(12)17(15)16(11)13/h2-8,15-16H,9-10H2,1H3/t15-,16-/m1/s1. The normalized spacial score (nSPS) is 25.9. The maximum atomic E-state index is 12.1. The molecule has 1 fully saturated rings. The van der Waals surface area contributed by atoms with Gasteiger partial charge in [-0.1, -0.05) is 48.1 Å². The number of benzene rings is 1. The summed E-state index contributed by atoms with van der Waals surface area (Å²) in [6.45, 7) is 0. The van der Waals surface area contributed by atoms with Crippen LogP contribution in [0.15, 0.2) is 48.1 Å². The number of rotatable bonds is 1. The third-order valence-corrected chi connectivity index (χ3v) is 4.71. The van der Waals surface area contributed by atoms with Gasteiger partial charge in [0.15, 0.2) is 0 Å². The van der Waals surface area contributed by atoms with E-state index in [1.165, 1.54) is 34.3 Å². The van der Waals surface area contributed by atoms with Gasteiger partial charge in [-0.05, 0) is 34.4 Å². The van der Waals surface area contributed by atoms with Crippen LogP contribution in [-0.2, 0) is 9.53 Å². The van der Waals surface area contributed by atoms with Crippen LogP contribution in [0.1, 0.15) is 12.8 Å². The zero-order valence-corrected chi connectivity index (χ0v) is 11.4. The van der Waals surface area contributed by atoms with E-state index in [0.29, 0.717) is 5.92 Å². The molecular weight excluding hydrogens is 248 g/mol. The Hall–Kier alpha value is -2.09. The van der Waals surface area contributed by atoms with E-state index in [0.717, 1.165) is 12.8 Å². The monoisotopic (exact) mass is 264 g/mol. The van der Waals surface area contributed by atoms with Gasteiger partial charge in [0.25, 0.3) is 0 Å². The number of allylic oxidation sites excluding steroid dienone is 4. The lowest BCUT2D eigenvalue weighted by Gasteiger charge is -2.33. The van der Waals surface area contributed by atoms with Gasteiger partial charge in [0.1, 0.15) is 0 Å². The molecule has 2 nitrogen and oxygen atoms in total. The van der Waals surface area contributed by atoms with Gasteiger partial charge >= 0.3 is 5.97 Å². The minimum atomic E-state index is -0.0929. The van der Waals surface area contributed by atoms with Crippen LogP contribution in [-0.4, -0.2) is 13.1 Å². The summed E-state index contributed by atoms with van der Waals surface area (Å²) in [7, 11) is 1.49. The van der Waals surface area contributed by atoms with Crippen molar-refractivity contribution in [1.82, 2.24) is 0 Å². The van der Waals surface area contributed by atoms with E-state index in [4.69, 9.17) is 4.74 Å². The minimum absolute atomic E-state index is 0.0905. The molecule has 1 aromatic carbocycles. The Labute approximate surface area is 117 Å². The summed E-state index contributed by atoms with van der Waals surface area (Å²) < 4.78 is 5.03. The van der Waals surface area contributed by atoms with Crippen molar-refractivity contribution in [3.05, 3.63) is 58.5 Å². The molecule has 4 rings (SSSR count). The average molecular weight is 264 g/mol. The molecular formula is C18H16O2. The highest BCUT2D eigenvalue weighted by Crippen LogP contribution is 2.46. The van der Waals surface area contributed by atoms with Crippen LogP contribution in [0.4, 0.5) is 0 Å². The van der Waals surface area contributed by atoms with E-state index in [1.807, 2.05) is 0 Å². The Kier molecular flexibility index (Phi) is 2.46. The van der Waals surface area contributed by atoms with Crippen LogP contribution in [0.2, 0.25) is 0 Å². The fraction of sp³-hybridized carbons (Fsp3) is 0.278. The van der Waals surface area contributed by atoms with E-state index in [2.05, 4.69) is 42.5 Å². The van der Waals surface area contributed by atoms with Crippen LogP contribution < -0.4 is 10.4 Å². The molecule has 0 saturated heterocycles. The summed E-state index contributed by atoms with van der Waals surface area (Å²) in [5.41, 5.74) is 4.04. The molecule has 1 saturated carbocycles. The predicted octanol–water partition coefficient (Wildman–Crippen LogP) is 1.70. The molecule has 0 amide bonds. The summed E-state index contributed by atoms with van der Waals surface area (Å²) in [6, 6.07) is 8.43. The first kappa shape index (κ1) is 11.7. The number of hydrogen-bond acceptors (Lipinski definition) is 2. The van der Waals surface area contributed by atoms with Crippen molar-refractivity contribution < 1.29 is 9.53 Å². The summed E-state index contributed by atoms with van der Waals surface area (Å²) in [4.78, 5) is 12.1. The molecule has 2 heteroatoms. The van der Waals surface area contributed by atoms with Gasteiger partial charge in [0.05, 0.1) is 13.0 Å².